The zero-order chi connectivity index (χ0) is 15.2. The number of carbonyl (C=O) groups excluding carboxylic acids is 2. The third-order valence-electron chi connectivity index (χ3n) is 3.16. The number of nitrogens with one attached hydrogen (secondary N) is 3. The molecule has 114 valence electrons. The minimum absolute atomic E-state index is 0.0154. The van der Waals surface area contributed by atoms with E-state index in [2.05, 4.69) is 16.0 Å². The number of urea groups is 1. The fourth-order valence-electron chi connectivity index (χ4n) is 2.02. The number of hydrogen-bond donors (Lipinski definition) is 3. The summed E-state index contributed by atoms with van der Waals surface area (Å²) < 4.78 is 0. The third kappa shape index (κ3) is 6.04. The summed E-state index contributed by atoms with van der Waals surface area (Å²) in [6.07, 6.45) is 2.74. The van der Waals surface area contributed by atoms with Crippen LogP contribution in [0.1, 0.15) is 25.3 Å². The summed E-state index contributed by atoms with van der Waals surface area (Å²) in [4.78, 5) is 23.1. The van der Waals surface area contributed by atoms with E-state index < -0.39 is 0 Å². The van der Waals surface area contributed by atoms with Crippen molar-refractivity contribution >= 4 is 23.5 Å². The Kier molecular flexibility index (Phi) is 5.44. The minimum Gasteiger partial charge on any atom is -0.352 e. The van der Waals surface area contributed by atoms with Crippen LogP contribution in [-0.2, 0) is 11.2 Å². The summed E-state index contributed by atoms with van der Waals surface area (Å²) in [7, 11) is 0. The first-order valence-electron chi connectivity index (χ1n) is 7.11. The highest BCUT2D eigenvalue weighted by Crippen LogP contribution is 2.18. The molecule has 1 fully saturated rings. The van der Waals surface area contributed by atoms with E-state index in [-0.39, 0.29) is 30.6 Å². The number of benzene rings is 1. The highest BCUT2D eigenvalue weighted by molar-refractivity contribution is 6.30. The number of hydrogen-bond acceptors (Lipinski definition) is 2. The lowest BCUT2D eigenvalue weighted by Gasteiger charge is -2.14. The highest BCUT2D eigenvalue weighted by Gasteiger charge is 2.23. The van der Waals surface area contributed by atoms with Crippen molar-refractivity contribution in [3.8, 4) is 0 Å². The van der Waals surface area contributed by atoms with Crippen LogP contribution in [0.15, 0.2) is 24.3 Å². The molecule has 2 rings (SSSR count). The number of halogens is 1. The molecule has 0 radical (unpaired) electrons. The van der Waals surface area contributed by atoms with Crippen LogP contribution in [-0.4, -0.2) is 30.6 Å². The average molecular weight is 310 g/mol. The molecule has 0 bridgehead atoms. The van der Waals surface area contributed by atoms with Gasteiger partial charge in [-0.15, -0.1) is 0 Å². The maximum Gasteiger partial charge on any atom is 0.315 e. The van der Waals surface area contributed by atoms with Gasteiger partial charge in [-0.1, -0.05) is 23.7 Å². The summed E-state index contributed by atoms with van der Waals surface area (Å²) in [5, 5.41) is 8.85. The van der Waals surface area contributed by atoms with Crippen LogP contribution >= 0.6 is 11.6 Å². The van der Waals surface area contributed by atoms with Gasteiger partial charge in [0, 0.05) is 17.1 Å². The molecule has 1 saturated carbocycles. The Morgan fingerprint density at radius 2 is 2.14 bits per heavy atom. The SMILES string of the molecule is CC(Cc1cccc(Cl)c1)NC(=O)CNC(=O)NC1CC1. The van der Waals surface area contributed by atoms with Crippen molar-refractivity contribution in [1.82, 2.24) is 16.0 Å². The van der Waals surface area contributed by atoms with Crippen molar-refractivity contribution in [1.29, 1.82) is 0 Å². The Hall–Kier alpha value is -1.75. The molecular formula is C15H20ClN3O2. The van der Waals surface area contributed by atoms with Crippen molar-refractivity contribution < 1.29 is 9.59 Å². The van der Waals surface area contributed by atoms with Gasteiger partial charge in [-0.3, -0.25) is 4.79 Å². The van der Waals surface area contributed by atoms with Gasteiger partial charge in [-0.25, -0.2) is 4.79 Å². The molecule has 0 aromatic heterocycles. The summed E-state index contributed by atoms with van der Waals surface area (Å²) in [5.41, 5.74) is 1.06. The van der Waals surface area contributed by atoms with Crippen molar-refractivity contribution in [3.63, 3.8) is 0 Å². The van der Waals surface area contributed by atoms with Gasteiger partial charge in [0.1, 0.15) is 0 Å². The Balaban J connectivity index is 1.67. The van der Waals surface area contributed by atoms with Crippen molar-refractivity contribution in [2.24, 2.45) is 0 Å². The summed E-state index contributed by atoms with van der Waals surface area (Å²) in [6.45, 7) is 1.90. The second kappa shape index (κ2) is 7.31. The van der Waals surface area contributed by atoms with Crippen LogP contribution in [0.5, 0.6) is 0 Å². The van der Waals surface area contributed by atoms with Crippen LogP contribution in [0.4, 0.5) is 4.79 Å². The molecule has 1 aromatic rings. The first-order valence-corrected chi connectivity index (χ1v) is 7.49. The van der Waals surface area contributed by atoms with Crippen LogP contribution < -0.4 is 16.0 Å². The molecule has 0 saturated heterocycles. The molecule has 0 aliphatic heterocycles. The van der Waals surface area contributed by atoms with E-state index >= 15 is 0 Å². The molecule has 1 unspecified atom stereocenters. The van der Waals surface area contributed by atoms with Gasteiger partial charge in [-0.2, -0.15) is 0 Å². The average Bonchev–Trinajstić information content (AvgIpc) is 3.20. The lowest BCUT2D eigenvalue weighted by Crippen LogP contribution is -2.45. The predicted octanol–water partition coefficient (Wildman–Crippen LogP) is 1.85. The maximum atomic E-state index is 11.7. The predicted molar refractivity (Wildman–Crippen MR) is 82.3 cm³/mol. The van der Waals surface area contributed by atoms with Gasteiger partial charge in [0.15, 0.2) is 0 Å². The zero-order valence-corrected chi connectivity index (χ0v) is 12.7. The largest absolute Gasteiger partial charge is 0.352 e. The molecule has 5 nitrogen and oxygen atoms in total. The second-order valence-electron chi connectivity index (χ2n) is 5.40. The lowest BCUT2D eigenvalue weighted by atomic mass is 10.1. The van der Waals surface area contributed by atoms with E-state index in [4.69, 9.17) is 11.6 Å². The van der Waals surface area contributed by atoms with Crippen LogP contribution in [0.2, 0.25) is 5.02 Å². The van der Waals surface area contributed by atoms with Crippen molar-refractivity contribution in [3.05, 3.63) is 34.9 Å². The summed E-state index contributed by atoms with van der Waals surface area (Å²) in [6, 6.07) is 7.53. The van der Waals surface area contributed by atoms with Crippen molar-refractivity contribution in [2.75, 3.05) is 6.54 Å². The molecular weight excluding hydrogens is 290 g/mol. The van der Waals surface area contributed by atoms with E-state index in [1.165, 1.54) is 0 Å². The maximum absolute atomic E-state index is 11.7. The van der Waals surface area contributed by atoms with Gasteiger partial charge < -0.3 is 16.0 Å². The number of amides is 3. The molecule has 6 heteroatoms. The molecule has 1 aliphatic rings. The van der Waals surface area contributed by atoms with Crippen molar-refractivity contribution in [2.45, 2.75) is 38.3 Å². The summed E-state index contributed by atoms with van der Waals surface area (Å²) >= 11 is 5.92. The number of carbonyl (C=O) groups is 2. The van der Waals surface area contributed by atoms with E-state index in [1.807, 2.05) is 31.2 Å². The Morgan fingerprint density at radius 1 is 1.38 bits per heavy atom. The molecule has 1 aliphatic carbocycles. The van der Waals surface area contributed by atoms with E-state index in [1.54, 1.807) is 0 Å². The van der Waals surface area contributed by atoms with Crippen LogP contribution in [0.3, 0.4) is 0 Å². The lowest BCUT2D eigenvalue weighted by molar-refractivity contribution is -0.120. The summed E-state index contributed by atoms with van der Waals surface area (Å²) in [5.74, 6) is -0.199. The van der Waals surface area contributed by atoms with Gasteiger partial charge in [0.25, 0.3) is 0 Å². The monoisotopic (exact) mass is 309 g/mol. The normalized spacial score (nSPS) is 15.1. The molecule has 0 spiro atoms. The zero-order valence-electron chi connectivity index (χ0n) is 12.0. The quantitative estimate of drug-likeness (QED) is 0.750. The Labute approximate surface area is 129 Å². The topological polar surface area (TPSA) is 70.2 Å². The smallest absolute Gasteiger partial charge is 0.315 e. The van der Waals surface area contributed by atoms with Gasteiger partial charge in [-0.05, 0) is 43.9 Å². The highest BCUT2D eigenvalue weighted by atomic mass is 35.5. The number of rotatable bonds is 6. The van der Waals surface area contributed by atoms with Gasteiger partial charge in [0.05, 0.1) is 6.54 Å². The second-order valence-corrected chi connectivity index (χ2v) is 5.84. The fraction of sp³-hybridized carbons (Fsp3) is 0.467. The molecule has 21 heavy (non-hydrogen) atoms. The first-order chi connectivity index (χ1) is 10.0. The first kappa shape index (κ1) is 15.6. The third-order valence-corrected chi connectivity index (χ3v) is 3.40. The molecule has 1 atom stereocenters. The Morgan fingerprint density at radius 3 is 2.81 bits per heavy atom. The standard InChI is InChI=1S/C15H20ClN3O2/c1-10(7-11-3-2-4-12(16)8-11)18-14(20)9-17-15(21)19-13-5-6-13/h2-4,8,10,13H,5-7,9H2,1H3,(H,18,20)(H2,17,19,21). The van der Waals surface area contributed by atoms with E-state index in [0.717, 1.165) is 18.4 Å². The van der Waals surface area contributed by atoms with Crippen LogP contribution in [0.25, 0.3) is 0 Å². The Bertz CT molecular complexity index is 517. The van der Waals surface area contributed by atoms with E-state index in [9.17, 15) is 9.59 Å². The fourth-order valence-corrected chi connectivity index (χ4v) is 2.23. The molecule has 1 aromatic carbocycles. The minimum atomic E-state index is -0.282. The van der Waals surface area contributed by atoms with Gasteiger partial charge >= 0.3 is 6.03 Å². The van der Waals surface area contributed by atoms with Crippen LogP contribution in [0, 0.1) is 0 Å². The molecule has 3 N–H and O–H groups in total. The van der Waals surface area contributed by atoms with Gasteiger partial charge in [0.2, 0.25) is 5.91 Å². The molecule has 3 amide bonds. The molecule has 0 heterocycles. The van der Waals surface area contributed by atoms with E-state index in [0.29, 0.717) is 11.4 Å².